The Balaban J connectivity index is 1.81. The van der Waals surface area contributed by atoms with E-state index in [2.05, 4.69) is 4.98 Å². The molecule has 0 saturated heterocycles. The van der Waals surface area contributed by atoms with Gasteiger partial charge in [-0.1, -0.05) is 6.92 Å². The van der Waals surface area contributed by atoms with E-state index in [4.69, 9.17) is 4.74 Å². The topological polar surface area (TPSA) is 47.4 Å². The van der Waals surface area contributed by atoms with Gasteiger partial charge in [0.25, 0.3) is 0 Å². The van der Waals surface area contributed by atoms with E-state index in [9.17, 15) is 9.18 Å². The highest BCUT2D eigenvalue weighted by Gasteiger charge is 2.28. The van der Waals surface area contributed by atoms with Gasteiger partial charge < -0.3 is 14.2 Å². The molecule has 0 aromatic carbocycles. The number of aromatic nitrogens is 2. The molecule has 6 heteroatoms. The number of carbonyl (C=O) groups excluding carboxylic acids is 1. The summed E-state index contributed by atoms with van der Waals surface area (Å²) in [6, 6.07) is 0. The molecule has 0 bridgehead atoms. The minimum Gasteiger partial charge on any atom is -0.381 e. The molecule has 0 fully saturated rings. The summed E-state index contributed by atoms with van der Waals surface area (Å²) in [6.45, 7) is 8.44. The van der Waals surface area contributed by atoms with Crippen molar-refractivity contribution >= 4 is 16.9 Å². The van der Waals surface area contributed by atoms with Gasteiger partial charge in [-0.2, -0.15) is 0 Å². The Morgan fingerprint density at radius 1 is 1.33 bits per heavy atom. The smallest absolute Gasteiger partial charge is 0.225 e. The summed E-state index contributed by atoms with van der Waals surface area (Å²) in [5.41, 5.74) is 3.14. The molecule has 5 nitrogen and oxygen atoms in total. The SMILES string of the molecule is CCCOCCC(=O)N1CCn2c(c(F)c3c(C)c(C)cnc32)C1. The van der Waals surface area contributed by atoms with Crippen LogP contribution in [0.4, 0.5) is 4.39 Å². The molecule has 0 N–H and O–H groups in total. The van der Waals surface area contributed by atoms with Gasteiger partial charge in [0.2, 0.25) is 5.91 Å². The van der Waals surface area contributed by atoms with Crippen molar-refractivity contribution in [3.05, 3.63) is 28.8 Å². The molecular formula is C18H24FN3O2. The summed E-state index contributed by atoms with van der Waals surface area (Å²) in [5, 5.41) is 0.588. The largest absolute Gasteiger partial charge is 0.381 e. The predicted molar refractivity (Wildman–Crippen MR) is 90.3 cm³/mol. The van der Waals surface area contributed by atoms with Crippen LogP contribution >= 0.6 is 0 Å². The van der Waals surface area contributed by atoms with Gasteiger partial charge >= 0.3 is 0 Å². The van der Waals surface area contributed by atoms with Crippen molar-refractivity contribution in [2.75, 3.05) is 19.8 Å². The Morgan fingerprint density at radius 2 is 2.12 bits per heavy atom. The maximum absolute atomic E-state index is 14.9. The van der Waals surface area contributed by atoms with Crippen molar-refractivity contribution in [3.8, 4) is 0 Å². The van der Waals surface area contributed by atoms with Crippen LogP contribution in [0.25, 0.3) is 11.0 Å². The molecule has 1 aliphatic heterocycles. The second-order valence-corrected chi connectivity index (χ2v) is 6.35. The maximum atomic E-state index is 14.9. The highest BCUT2D eigenvalue weighted by molar-refractivity contribution is 5.84. The Morgan fingerprint density at radius 3 is 2.88 bits per heavy atom. The molecular weight excluding hydrogens is 309 g/mol. The number of fused-ring (bicyclic) bond motifs is 3. The average Bonchev–Trinajstić information content (AvgIpc) is 2.87. The molecule has 3 heterocycles. The van der Waals surface area contributed by atoms with E-state index in [-0.39, 0.29) is 11.7 Å². The zero-order chi connectivity index (χ0) is 17.3. The summed E-state index contributed by atoms with van der Waals surface area (Å²) in [4.78, 5) is 18.4. The molecule has 0 aliphatic carbocycles. The van der Waals surface area contributed by atoms with Crippen LogP contribution in [0.1, 0.15) is 36.6 Å². The first-order valence-corrected chi connectivity index (χ1v) is 8.52. The third-order valence-corrected chi connectivity index (χ3v) is 4.72. The zero-order valence-electron chi connectivity index (χ0n) is 14.6. The molecule has 0 radical (unpaired) electrons. The van der Waals surface area contributed by atoms with E-state index < -0.39 is 0 Å². The standard InChI is InChI=1S/C18H24FN3O2/c1-4-8-24-9-5-15(23)21-6-7-22-14(11-21)17(19)16-13(3)12(2)10-20-18(16)22/h10H,4-9,11H2,1-3H3. The molecule has 0 atom stereocenters. The van der Waals surface area contributed by atoms with E-state index in [1.54, 1.807) is 11.1 Å². The number of carbonyl (C=O) groups is 1. The number of ether oxygens (including phenoxy) is 1. The van der Waals surface area contributed by atoms with E-state index in [0.717, 1.165) is 17.5 Å². The third-order valence-electron chi connectivity index (χ3n) is 4.72. The van der Waals surface area contributed by atoms with Crippen molar-refractivity contribution in [2.24, 2.45) is 0 Å². The van der Waals surface area contributed by atoms with Gasteiger partial charge in [0.05, 0.1) is 30.7 Å². The number of pyridine rings is 1. The third kappa shape index (κ3) is 2.90. The lowest BCUT2D eigenvalue weighted by Gasteiger charge is -2.28. The minimum absolute atomic E-state index is 0.0165. The molecule has 24 heavy (non-hydrogen) atoms. The monoisotopic (exact) mass is 333 g/mol. The van der Waals surface area contributed by atoms with Crippen LogP contribution in [0.3, 0.4) is 0 Å². The van der Waals surface area contributed by atoms with Crippen molar-refractivity contribution < 1.29 is 13.9 Å². The van der Waals surface area contributed by atoms with Gasteiger partial charge in [-0.05, 0) is 31.4 Å². The maximum Gasteiger partial charge on any atom is 0.225 e. The van der Waals surface area contributed by atoms with E-state index in [1.807, 2.05) is 25.3 Å². The lowest BCUT2D eigenvalue weighted by molar-refractivity contribution is -0.133. The molecule has 0 saturated carbocycles. The summed E-state index contributed by atoms with van der Waals surface area (Å²) >= 11 is 0. The quantitative estimate of drug-likeness (QED) is 0.791. The lowest BCUT2D eigenvalue weighted by Crippen LogP contribution is -2.38. The molecule has 2 aromatic heterocycles. The number of amides is 1. The average molecular weight is 333 g/mol. The highest BCUT2D eigenvalue weighted by atomic mass is 19.1. The van der Waals surface area contributed by atoms with Crippen LogP contribution in [0, 0.1) is 19.7 Å². The van der Waals surface area contributed by atoms with Crippen LogP contribution in [0.2, 0.25) is 0 Å². The summed E-state index contributed by atoms with van der Waals surface area (Å²) < 4.78 is 22.2. The summed E-state index contributed by atoms with van der Waals surface area (Å²) in [7, 11) is 0. The number of halogens is 1. The van der Waals surface area contributed by atoms with Crippen molar-refractivity contribution in [2.45, 2.75) is 46.7 Å². The number of rotatable bonds is 5. The van der Waals surface area contributed by atoms with Crippen LogP contribution in [-0.2, 0) is 22.6 Å². The fourth-order valence-corrected chi connectivity index (χ4v) is 3.20. The van der Waals surface area contributed by atoms with Gasteiger partial charge in [0, 0.05) is 25.9 Å². The lowest BCUT2D eigenvalue weighted by atomic mass is 10.1. The number of hydrogen-bond donors (Lipinski definition) is 0. The van der Waals surface area contributed by atoms with E-state index in [1.165, 1.54) is 0 Å². The fraction of sp³-hybridized carbons (Fsp3) is 0.556. The van der Waals surface area contributed by atoms with E-state index in [0.29, 0.717) is 56.0 Å². The Kier molecular flexibility index (Phi) is 4.85. The first kappa shape index (κ1) is 16.9. The van der Waals surface area contributed by atoms with Crippen molar-refractivity contribution in [3.63, 3.8) is 0 Å². The van der Waals surface area contributed by atoms with Crippen LogP contribution in [0.15, 0.2) is 6.20 Å². The molecule has 0 spiro atoms. The molecule has 130 valence electrons. The highest BCUT2D eigenvalue weighted by Crippen LogP contribution is 2.30. The summed E-state index contributed by atoms with van der Waals surface area (Å²) in [5.74, 6) is -0.221. The van der Waals surface area contributed by atoms with Crippen LogP contribution in [-0.4, -0.2) is 40.1 Å². The van der Waals surface area contributed by atoms with Gasteiger partial charge in [-0.15, -0.1) is 0 Å². The molecule has 1 aliphatic rings. The Bertz CT molecular complexity index is 769. The number of nitrogens with zero attached hydrogens (tertiary/aromatic N) is 3. The Hall–Kier alpha value is -1.95. The van der Waals surface area contributed by atoms with Gasteiger partial charge in [-0.3, -0.25) is 4.79 Å². The fourth-order valence-electron chi connectivity index (χ4n) is 3.20. The number of aryl methyl sites for hydroxylation is 2. The van der Waals surface area contributed by atoms with Crippen LogP contribution in [0.5, 0.6) is 0 Å². The van der Waals surface area contributed by atoms with Gasteiger partial charge in [0.1, 0.15) is 5.65 Å². The van der Waals surface area contributed by atoms with Gasteiger partial charge in [0.15, 0.2) is 5.82 Å². The minimum atomic E-state index is -0.238. The first-order valence-electron chi connectivity index (χ1n) is 8.52. The second-order valence-electron chi connectivity index (χ2n) is 6.35. The Labute approximate surface area is 141 Å². The van der Waals surface area contributed by atoms with Crippen molar-refractivity contribution in [1.82, 2.24) is 14.5 Å². The molecule has 1 amide bonds. The van der Waals surface area contributed by atoms with Crippen LogP contribution < -0.4 is 0 Å². The second kappa shape index (κ2) is 6.89. The normalized spacial score (nSPS) is 14.2. The first-order chi connectivity index (χ1) is 11.5. The van der Waals surface area contributed by atoms with Gasteiger partial charge in [-0.25, -0.2) is 9.37 Å². The number of hydrogen-bond acceptors (Lipinski definition) is 3. The molecule has 3 rings (SSSR count). The predicted octanol–water partition coefficient (Wildman–Crippen LogP) is 2.95. The zero-order valence-corrected chi connectivity index (χ0v) is 14.6. The molecule has 2 aromatic rings. The molecule has 0 unspecified atom stereocenters. The summed E-state index contributed by atoms with van der Waals surface area (Å²) in [6.07, 6.45) is 3.07. The van der Waals surface area contributed by atoms with E-state index >= 15 is 0 Å². The van der Waals surface area contributed by atoms with Crippen molar-refractivity contribution in [1.29, 1.82) is 0 Å².